The number of carbonyl (C=O) groups excluding carboxylic acids is 1. The molecule has 1 aliphatic heterocycles. The van der Waals surface area contributed by atoms with Crippen molar-refractivity contribution in [2.24, 2.45) is 5.16 Å². The molecule has 0 bridgehead atoms. The fraction of sp³-hybridized carbons (Fsp3) is 0.333. The molecule has 1 aromatic carbocycles. The highest BCUT2D eigenvalue weighted by atomic mass is 35.5. The molecule has 96 valence electrons. The van der Waals surface area contributed by atoms with Gasteiger partial charge in [0.25, 0.3) is 5.91 Å². The van der Waals surface area contributed by atoms with Crippen LogP contribution in [0.2, 0.25) is 5.02 Å². The summed E-state index contributed by atoms with van der Waals surface area (Å²) in [6, 6.07) is 3.92. The summed E-state index contributed by atoms with van der Waals surface area (Å²) >= 11 is 5.64. The third kappa shape index (κ3) is 2.61. The standard InChI is InChI=1S/C12H12ClFN2O2/c13-10-7-8(1-2-11(10)14)12(17)16-5-3-9(15-18)4-6-16/h1-2,7,18H,3-6H2. The van der Waals surface area contributed by atoms with E-state index in [1.165, 1.54) is 18.2 Å². The second kappa shape index (κ2) is 5.35. The van der Waals surface area contributed by atoms with E-state index < -0.39 is 5.82 Å². The molecule has 0 saturated carbocycles. The first-order valence-corrected chi connectivity index (χ1v) is 5.93. The lowest BCUT2D eigenvalue weighted by Crippen LogP contribution is -2.38. The second-order valence-electron chi connectivity index (χ2n) is 4.09. The maximum Gasteiger partial charge on any atom is 0.253 e. The molecule has 1 saturated heterocycles. The van der Waals surface area contributed by atoms with Crippen molar-refractivity contribution in [3.8, 4) is 0 Å². The van der Waals surface area contributed by atoms with Gasteiger partial charge in [0, 0.05) is 31.5 Å². The molecule has 6 heteroatoms. The molecule has 0 atom stereocenters. The molecule has 0 aromatic heterocycles. The molecule has 1 heterocycles. The highest BCUT2D eigenvalue weighted by Crippen LogP contribution is 2.18. The summed E-state index contributed by atoms with van der Waals surface area (Å²) in [5.74, 6) is -0.726. The van der Waals surface area contributed by atoms with Gasteiger partial charge in [-0.3, -0.25) is 4.79 Å². The molecule has 0 unspecified atom stereocenters. The highest BCUT2D eigenvalue weighted by Gasteiger charge is 2.21. The topological polar surface area (TPSA) is 52.9 Å². The summed E-state index contributed by atoms with van der Waals surface area (Å²) in [4.78, 5) is 13.7. The van der Waals surface area contributed by atoms with Gasteiger partial charge in [0.1, 0.15) is 5.82 Å². The SMILES string of the molecule is O=C(c1ccc(F)c(Cl)c1)N1CCC(=NO)CC1. The lowest BCUT2D eigenvalue weighted by molar-refractivity contribution is 0.0753. The Balaban J connectivity index is 2.10. The Labute approximate surface area is 109 Å². The number of nitrogens with zero attached hydrogens (tertiary/aromatic N) is 2. The van der Waals surface area contributed by atoms with Crippen molar-refractivity contribution in [3.05, 3.63) is 34.6 Å². The molecule has 1 aromatic rings. The van der Waals surface area contributed by atoms with Crippen LogP contribution in [-0.2, 0) is 0 Å². The number of piperidine rings is 1. The predicted molar refractivity (Wildman–Crippen MR) is 65.8 cm³/mol. The number of halogens is 2. The van der Waals surface area contributed by atoms with Crippen LogP contribution in [0.4, 0.5) is 4.39 Å². The molecule has 0 aliphatic carbocycles. The molecule has 0 spiro atoms. The van der Waals surface area contributed by atoms with Crippen LogP contribution in [0.25, 0.3) is 0 Å². The molecule has 18 heavy (non-hydrogen) atoms. The Kier molecular flexibility index (Phi) is 3.81. The maximum atomic E-state index is 13.0. The molecular formula is C12H12ClFN2O2. The Morgan fingerprint density at radius 3 is 2.61 bits per heavy atom. The van der Waals surface area contributed by atoms with E-state index >= 15 is 0 Å². The largest absolute Gasteiger partial charge is 0.411 e. The smallest absolute Gasteiger partial charge is 0.253 e. The molecular weight excluding hydrogens is 259 g/mol. The Morgan fingerprint density at radius 2 is 2.06 bits per heavy atom. The lowest BCUT2D eigenvalue weighted by atomic mass is 10.1. The third-order valence-corrected chi connectivity index (χ3v) is 3.23. The number of amides is 1. The average Bonchev–Trinajstić information content (AvgIpc) is 2.41. The number of oxime groups is 1. The van der Waals surface area contributed by atoms with E-state index in [-0.39, 0.29) is 10.9 Å². The Bertz CT molecular complexity index is 495. The molecule has 2 rings (SSSR count). The fourth-order valence-electron chi connectivity index (χ4n) is 1.88. The van der Waals surface area contributed by atoms with Gasteiger partial charge in [0.2, 0.25) is 0 Å². The van der Waals surface area contributed by atoms with Crippen molar-refractivity contribution in [3.63, 3.8) is 0 Å². The van der Waals surface area contributed by atoms with Crippen molar-refractivity contribution >= 4 is 23.2 Å². The summed E-state index contributed by atoms with van der Waals surface area (Å²) in [6.07, 6.45) is 1.11. The summed E-state index contributed by atoms with van der Waals surface area (Å²) in [5.41, 5.74) is 1.06. The fourth-order valence-corrected chi connectivity index (χ4v) is 2.06. The van der Waals surface area contributed by atoms with E-state index in [0.717, 1.165) is 0 Å². The monoisotopic (exact) mass is 270 g/mol. The van der Waals surface area contributed by atoms with Gasteiger partial charge in [-0.1, -0.05) is 16.8 Å². The summed E-state index contributed by atoms with van der Waals surface area (Å²) in [6.45, 7) is 0.987. The van der Waals surface area contributed by atoms with Crippen LogP contribution in [0.15, 0.2) is 23.4 Å². The first-order valence-electron chi connectivity index (χ1n) is 5.56. The third-order valence-electron chi connectivity index (χ3n) is 2.94. The van der Waals surface area contributed by atoms with Crippen LogP contribution in [0.1, 0.15) is 23.2 Å². The number of hydrogen-bond donors (Lipinski definition) is 1. The minimum absolute atomic E-state index is 0.0598. The van der Waals surface area contributed by atoms with Gasteiger partial charge in [-0.05, 0) is 18.2 Å². The normalized spacial score (nSPS) is 15.7. The van der Waals surface area contributed by atoms with Crippen molar-refractivity contribution in [1.29, 1.82) is 0 Å². The Morgan fingerprint density at radius 1 is 1.39 bits per heavy atom. The van der Waals surface area contributed by atoms with Crippen molar-refractivity contribution in [2.75, 3.05) is 13.1 Å². The number of carbonyl (C=O) groups is 1. The minimum Gasteiger partial charge on any atom is -0.411 e. The summed E-state index contributed by atoms with van der Waals surface area (Å²) in [7, 11) is 0. The summed E-state index contributed by atoms with van der Waals surface area (Å²) in [5, 5.41) is 11.7. The molecule has 1 N–H and O–H groups in total. The van der Waals surface area contributed by atoms with E-state index in [0.29, 0.717) is 37.2 Å². The molecule has 0 radical (unpaired) electrons. The van der Waals surface area contributed by atoms with Gasteiger partial charge in [0.05, 0.1) is 10.7 Å². The predicted octanol–water partition coefficient (Wildman–Crippen LogP) is 2.55. The quantitative estimate of drug-likeness (QED) is 0.630. The molecule has 1 aliphatic rings. The van der Waals surface area contributed by atoms with E-state index in [4.69, 9.17) is 16.8 Å². The van der Waals surface area contributed by atoms with Gasteiger partial charge in [-0.2, -0.15) is 0 Å². The van der Waals surface area contributed by atoms with Crippen LogP contribution in [0.3, 0.4) is 0 Å². The first kappa shape index (κ1) is 12.8. The second-order valence-corrected chi connectivity index (χ2v) is 4.49. The van der Waals surface area contributed by atoms with Crippen LogP contribution in [0.5, 0.6) is 0 Å². The average molecular weight is 271 g/mol. The van der Waals surface area contributed by atoms with Gasteiger partial charge in [0.15, 0.2) is 0 Å². The minimum atomic E-state index is -0.540. The van der Waals surface area contributed by atoms with E-state index in [2.05, 4.69) is 5.16 Å². The molecule has 4 nitrogen and oxygen atoms in total. The highest BCUT2D eigenvalue weighted by molar-refractivity contribution is 6.31. The zero-order chi connectivity index (χ0) is 13.1. The van der Waals surface area contributed by atoms with Crippen molar-refractivity contribution in [2.45, 2.75) is 12.8 Å². The van der Waals surface area contributed by atoms with Crippen LogP contribution in [-0.4, -0.2) is 34.8 Å². The number of likely N-dealkylation sites (tertiary alicyclic amines) is 1. The number of rotatable bonds is 1. The van der Waals surface area contributed by atoms with Crippen LogP contribution < -0.4 is 0 Å². The number of hydrogen-bond acceptors (Lipinski definition) is 3. The zero-order valence-electron chi connectivity index (χ0n) is 9.57. The first-order chi connectivity index (χ1) is 8.61. The van der Waals surface area contributed by atoms with E-state index in [1.54, 1.807) is 4.90 Å². The van der Waals surface area contributed by atoms with Gasteiger partial charge >= 0.3 is 0 Å². The summed E-state index contributed by atoms with van der Waals surface area (Å²) < 4.78 is 13.0. The van der Waals surface area contributed by atoms with Crippen molar-refractivity contribution < 1.29 is 14.4 Å². The van der Waals surface area contributed by atoms with Crippen LogP contribution >= 0.6 is 11.6 Å². The van der Waals surface area contributed by atoms with Gasteiger partial charge in [-0.25, -0.2) is 4.39 Å². The van der Waals surface area contributed by atoms with Gasteiger partial charge < -0.3 is 10.1 Å². The molecule has 1 fully saturated rings. The van der Waals surface area contributed by atoms with Crippen LogP contribution in [0, 0.1) is 5.82 Å². The Hall–Kier alpha value is -1.62. The van der Waals surface area contributed by atoms with E-state index in [1.807, 2.05) is 0 Å². The lowest BCUT2D eigenvalue weighted by Gasteiger charge is -2.27. The van der Waals surface area contributed by atoms with Gasteiger partial charge in [-0.15, -0.1) is 0 Å². The maximum absolute atomic E-state index is 13.0. The van der Waals surface area contributed by atoms with E-state index in [9.17, 15) is 9.18 Å². The van der Waals surface area contributed by atoms with Crippen molar-refractivity contribution in [1.82, 2.24) is 4.90 Å². The number of benzene rings is 1. The molecule has 1 amide bonds. The zero-order valence-corrected chi connectivity index (χ0v) is 10.3.